The van der Waals surface area contributed by atoms with Crippen molar-refractivity contribution >= 4 is 21.8 Å². The molecule has 1 N–H and O–H groups in total. The van der Waals surface area contributed by atoms with Gasteiger partial charge in [0.05, 0.1) is 5.56 Å². The van der Waals surface area contributed by atoms with Crippen molar-refractivity contribution in [1.82, 2.24) is 9.62 Å². The minimum atomic E-state index is -3.86. The Balaban J connectivity index is 1.36. The third kappa shape index (κ3) is 2.73. The molecule has 2 amide bonds. The van der Waals surface area contributed by atoms with Crippen molar-refractivity contribution in [2.75, 3.05) is 0 Å². The molecule has 5 rings (SSSR count). The van der Waals surface area contributed by atoms with Crippen molar-refractivity contribution in [1.29, 1.82) is 0 Å². The predicted octanol–water partition coefficient (Wildman–Crippen LogP) is 2.41. The monoisotopic (exact) mass is 396 g/mol. The Kier molecular flexibility index (Phi) is 3.84. The molecule has 0 saturated heterocycles. The van der Waals surface area contributed by atoms with E-state index in [2.05, 4.69) is 17.4 Å². The molecule has 1 saturated carbocycles. The summed E-state index contributed by atoms with van der Waals surface area (Å²) < 4.78 is 26.4. The maximum absolute atomic E-state index is 12.7. The molecule has 6 nitrogen and oxygen atoms in total. The number of sulfonamides is 1. The van der Waals surface area contributed by atoms with Crippen LogP contribution in [0.25, 0.3) is 0 Å². The highest BCUT2D eigenvalue weighted by molar-refractivity contribution is 7.90. The second-order valence-electron chi connectivity index (χ2n) is 7.69. The minimum Gasteiger partial charge on any atom is -0.348 e. The van der Waals surface area contributed by atoms with Gasteiger partial charge in [-0.05, 0) is 67.0 Å². The first-order valence-corrected chi connectivity index (χ1v) is 11.0. The number of nitrogens with zero attached hydrogens (tertiary/aromatic N) is 1. The molecule has 28 heavy (non-hydrogen) atoms. The van der Waals surface area contributed by atoms with Gasteiger partial charge < -0.3 is 5.32 Å². The Hall–Kier alpha value is -2.67. The summed E-state index contributed by atoms with van der Waals surface area (Å²) in [6.07, 6.45) is 4.76. The number of carbonyl (C=O) groups excluding carboxylic acids is 2. The molecule has 3 aliphatic rings. The lowest BCUT2D eigenvalue weighted by atomic mass is 10.1. The average molecular weight is 396 g/mol. The van der Waals surface area contributed by atoms with Crippen molar-refractivity contribution in [2.24, 2.45) is 0 Å². The minimum absolute atomic E-state index is 0.0606. The second-order valence-corrected chi connectivity index (χ2v) is 9.47. The SMILES string of the molecule is O=C(NCc1ccc2c(c1)CCC2)c1ccc2c(c1)S(=O)(=O)N(C1CC1)C2=O. The maximum Gasteiger partial charge on any atom is 0.269 e. The summed E-state index contributed by atoms with van der Waals surface area (Å²) in [5.41, 5.74) is 4.15. The van der Waals surface area contributed by atoms with E-state index in [1.54, 1.807) is 0 Å². The fraction of sp³-hybridized carbons (Fsp3) is 0.333. The molecular formula is C21H20N2O4S. The lowest BCUT2D eigenvalue weighted by Gasteiger charge is -2.13. The molecule has 2 aromatic carbocycles. The number of nitrogens with one attached hydrogen (secondary N) is 1. The molecular weight excluding hydrogens is 376 g/mol. The van der Waals surface area contributed by atoms with E-state index in [0.29, 0.717) is 19.4 Å². The average Bonchev–Trinajstić information content (AvgIpc) is 3.35. The number of benzene rings is 2. The van der Waals surface area contributed by atoms with Crippen LogP contribution in [0.1, 0.15) is 56.7 Å². The van der Waals surface area contributed by atoms with Gasteiger partial charge in [-0.3, -0.25) is 9.59 Å². The van der Waals surface area contributed by atoms with Gasteiger partial charge in [0.1, 0.15) is 4.90 Å². The number of rotatable bonds is 4. The summed E-state index contributed by atoms with van der Waals surface area (Å²) in [6, 6.07) is 10.3. The quantitative estimate of drug-likeness (QED) is 0.860. The molecule has 1 heterocycles. The van der Waals surface area contributed by atoms with Gasteiger partial charge in [0.2, 0.25) is 0 Å². The molecule has 0 atom stereocenters. The highest BCUT2D eigenvalue weighted by Crippen LogP contribution is 2.39. The first-order chi connectivity index (χ1) is 13.4. The van der Waals surface area contributed by atoms with Gasteiger partial charge in [-0.2, -0.15) is 0 Å². The van der Waals surface area contributed by atoms with E-state index in [1.807, 2.05) is 6.07 Å². The third-order valence-electron chi connectivity index (χ3n) is 5.71. The molecule has 0 bridgehead atoms. The van der Waals surface area contributed by atoms with Crippen LogP contribution in [0.3, 0.4) is 0 Å². The van der Waals surface area contributed by atoms with Gasteiger partial charge in [-0.25, -0.2) is 12.7 Å². The predicted molar refractivity (Wildman–Crippen MR) is 102 cm³/mol. The lowest BCUT2D eigenvalue weighted by molar-refractivity contribution is 0.0863. The van der Waals surface area contributed by atoms with Crippen LogP contribution in [0.2, 0.25) is 0 Å². The van der Waals surface area contributed by atoms with Gasteiger partial charge in [-0.15, -0.1) is 0 Å². The van der Waals surface area contributed by atoms with Crippen LogP contribution >= 0.6 is 0 Å². The Bertz CT molecular complexity index is 1120. The highest BCUT2D eigenvalue weighted by atomic mass is 32.2. The number of carbonyl (C=O) groups is 2. The number of aryl methyl sites for hydroxylation is 2. The standard InChI is InChI=1S/C21H20N2O4S/c24-20(22-12-13-4-5-14-2-1-3-15(14)10-13)16-6-9-18-19(11-16)28(26,27)23(21(18)25)17-7-8-17/h4-6,9-11,17H,1-3,7-8,12H2,(H,22,24). The largest absolute Gasteiger partial charge is 0.348 e. The number of hydrogen-bond acceptors (Lipinski definition) is 4. The first kappa shape index (κ1) is 17.4. The Morgan fingerprint density at radius 1 is 1.07 bits per heavy atom. The highest BCUT2D eigenvalue weighted by Gasteiger charge is 2.48. The van der Waals surface area contributed by atoms with E-state index >= 15 is 0 Å². The summed E-state index contributed by atoms with van der Waals surface area (Å²) in [6.45, 7) is 0.378. The van der Waals surface area contributed by atoms with Crippen LogP contribution in [-0.4, -0.2) is 30.6 Å². The number of amides is 2. The fourth-order valence-electron chi connectivity index (χ4n) is 4.08. The summed E-state index contributed by atoms with van der Waals surface area (Å²) in [7, 11) is -3.86. The van der Waals surface area contributed by atoms with Gasteiger partial charge >= 0.3 is 0 Å². The molecule has 0 unspecified atom stereocenters. The molecule has 0 aromatic heterocycles. The molecule has 0 radical (unpaired) electrons. The van der Waals surface area contributed by atoms with Crippen molar-refractivity contribution in [3.63, 3.8) is 0 Å². The van der Waals surface area contributed by atoms with Crippen molar-refractivity contribution in [3.05, 3.63) is 64.2 Å². The molecule has 2 aliphatic carbocycles. The normalized spacial score (nSPS) is 19.4. The number of hydrogen-bond donors (Lipinski definition) is 1. The van der Waals surface area contributed by atoms with E-state index in [0.717, 1.165) is 22.7 Å². The van der Waals surface area contributed by atoms with E-state index in [-0.39, 0.29) is 28.0 Å². The number of fused-ring (bicyclic) bond motifs is 2. The van der Waals surface area contributed by atoms with E-state index in [9.17, 15) is 18.0 Å². The van der Waals surface area contributed by atoms with Gasteiger partial charge in [-0.1, -0.05) is 18.2 Å². The van der Waals surface area contributed by atoms with Crippen LogP contribution in [0.15, 0.2) is 41.3 Å². The van der Waals surface area contributed by atoms with Crippen LogP contribution in [0.4, 0.5) is 0 Å². The van der Waals surface area contributed by atoms with Crippen molar-refractivity contribution in [3.8, 4) is 0 Å². The molecule has 7 heteroatoms. The van der Waals surface area contributed by atoms with Crippen LogP contribution < -0.4 is 5.32 Å². The zero-order valence-corrected chi connectivity index (χ0v) is 16.1. The van der Waals surface area contributed by atoms with Gasteiger partial charge in [0, 0.05) is 18.2 Å². The first-order valence-electron chi connectivity index (χ1n) is 9.57. The summed E-state index contributed by atoms with van der Waals surface area (Å²) in [5, 5.41) is 2.85. The summed E-state index contributed by atoms with van der Waals surface area (Å²) >= 11 is 0. The molecule has 1 aliphatic heterocycles. The smallest absolute Gasteiger partial charge is 0.269 e. The topological polar surface area (TPSA) is 83.6 Å². The van der Waals surface area contributed by atoms with Gasteiger partial charge in [0.15, 0.2) is 0 Å². The van der Waals surface area contributed by atoms with Gasteiger partial charge in [0.25, 0.3) is 21.8 Å². The summed E-state index contributed by atoms with van der Waals surface area (Å²) in [4.78, 5) is 24.9. The van der Waals surface area contributed by atoms with Crippen molar-refractivity contribution in [2.45, 2.75) is 49.6 Å². The third-order valence-corrected chi connectivity index (χ3v) is 7.58. The zero-order valence-electron chi connectivity index (χ0n) is 15.3. The van der Waals surface area contributed by atoms with E-state index < -0.39 is 15.9 Å². The van der Waals surface area contributed by atoms with Crippen LogP contribution in [-0.2, 0) is 29.4 Å². The fourth-order valence-corrected chi connectivity index (χ4v) is 5.92. The Labute approximate surface area is 163 Å². The van der Waals surface area contributed by atoms with Crippen LogP contribution in [0, 0.1) is 0 Å². The molecule has 1 fully saturated rings. The Morgan fingerprint density at radius 3 is 2.64 bits per heavy atom. The molecule has 2 aromatic rings. The molecule has 0 spiro atoms. The lowest BCUT2D eigenvalue weighted by Crippen LogP contribution is -2.32. The van der Waals surface area contributed by atoms with E-state index in [1.165, 1.54) is 35.7 Å². The van der Waals surface area contributed by atoms with Crippen molar-refractivity contribution < 1.29 is 18.0 Å². The second kappa shape index (κ2) is 6.17. The maximum atomic E-state index is 12.7. The zero-order chi connectivity index (χ0) is 19.5. The molecule has 144 valence electrons. The Morgan fingerprint density at radius 2 is 1.86 bits per heavy atom. The van der Waals surface area contributed by atoms with Crippen LogP contribution in [0.5, 0.6) is 0 Å². The summed E-state index contributed by atoms with van der Waals surface area (Å²) in [5.74, 6) is -0.835. The van der Waals surface area contributed by atoms with E-state index in [4.69, 9.17) is 0 Å².